The van der Waals surface area contributed by atoms with Crippen LogP contribution in [0.2, 0.25) is 0 Å². The van der Waals surface area contributed by atoms with Crippen LogP contribution in [0.3, 0.4) is 0 Å². The number of hydrogen-bond donors (Lipinski definition) is 2. The molecule has 0 aliphatic carbocycles. The highest BCUT2D eigenvalue weighted by atomic mass is 32.2. The summed E-state index contributed by atoms with van der Waals surface area (Å²) in [7, 11) is 1.61. The average Bonchev–Trinajstić information content (AvgIpc) is 3.48. The van der Waals surface area contributed by atoms with Crippen molar-refractivity contribution in [1.82, 2.24) is 15.0 Å². The van der Waals surface area contributed by atoms with Gasteiger partial charge in [-0.25, -0.2) is 14.4 Å². The van der Waals surface area contributed by atoms with Crippen LogP contribution in [0.15, 0.2) is 83.1 Å². The molecule has 172 valence electrons. The number of nitrogens with two attached hydrogens (primary N) is 1. The molecule has 3 aromatic carbocycles. The number of benzene rings is 3. The molecule has 1 aliphatic heterocycles. The second-order valence-electron chi connectivity index (χ2n) is 7.83. The Morgan fingerprint density at radius 1 is 1.15 bits per heavy atom. The highest BCUT2D eigenvalue weighted by Crippen LogP contribution is 2.35. The van der Waals surface area contributed by atoms with E-state index in [1.54, 1.807) is 19.2 Å². The number of hydrogen-bond acceptors (Lipinski definition) is 6. The molecule has 9 heteroatoms. The number of carbonyl (C=O) groups excluding carboxylic acids is 1. The van der Waals surface area contributed by atoms with Gasteiger partial charge in [0.25, 0.3) is 5.91 Å². The first-order valence-electron chi connectivity index (χ1n) is 10.7. The normalized spacial score (nSPS) is 16.5. The molecule has 0 spiro atoms. The van der Waals surface area contributed by atoms with Gasteiger partial charge in [0.1, 0.15) is 16.9 Å². The summed E-state index contributed by atoms with van der Waals surface area (Å²) in [5.41, 5.74) is 10.4. The maximum absolute atomic E-state index is 13.5. The molecule has 2 unspecified atom stereocenters. The Labute approximate surface area is 199 Å². The molecule has 0 saturated heterocycles. The number of aromatic amines is 1. The van der Waals surface area contributed by atoms with Gasteiger partial charge in [-0.15, -0.1) is 0 Å². The highest BCUT2D eigenvalue weighted by Gasteiger charge is 2.36. The fraction of sp³-hybridized carbons (Fsp3) is 0.160. The van der Waals surface area contributed by atoms with E-state index in [9.17, 15) is 9.18 Å². The van der Waals surface area contributed by atoms with E-state index in [0.717, 1.165) is 45.4 Å². The number of ether oxygens (including phenoxy) is 1. The lowest BCUT2D eigenvalue weighted by Gasteiger charge is -2.24. The van der Waals surface area contributed by atoms with Gasteiger partial charge in [-0.3, -0.25) is 4.79 Å². The van der Waals surface area contributed by atoms with Crippen LogP contribution in [-0.4, -0.2) is 39.1 Å². The van der Waals surface area contributed by atoms with Gasteiger partial charge < -0.3 is 15.5 Å². The van der Waals surface area contributed by atoms with Crippen molar-refractivity contribution >= 4 is 34.4 Å². The molecule has 0 bridgehead atoms. The highest BCUT2D eigenvalue weighted by molar-refractivity contribution is 8.00. The van der Waals surface area contributed by atoms with E-state index in [2.05, 4.69) is 15.1 Å². The van der Waals surface area contributed by atoms with Crippen molar-refractivity contribution < 1.29 is 13.9 Å². The maximum atomic E-state index is 13.5. The number of fused-ring (bicyclic) bond motifs is 1. The van der Waals surface area contributed by atoms with Crippen LogP contribution >= 0.6 is 11.8 Å². The third-order valence-electron chi connectivity index (χ3n) is 5.66. The molecule has 4 aromatic rings. The number of methoxy groups -OCH3 is 1. The van der Waals surface area contributed by atoms with Gasteiger partial charge in [0.15, 0.2) is 5.16 Å². The van der Waals surface area contributed by atoms with Crippen LogP contribution in [0.5, 0.6) is 5.75 Å². The average molecular weight is 476 g/mol. The third-order valence-corrected chi connectivity index (χ3v) is 6.54. The first kappa shape index (κ1) is 22.1. The number of amides is 1. The Bertz CT molecular complexity index is 1320. The molecule has 0 saturated carbocycles. The second kappa shape index (κ2) is 9.28. The van der Waals surface area contributed by atoms with Gasteiger partial charge in [0, 0.05) is 6.42 Å². The summed E-state index contributed by atoms with van der Waals surface area (Å²) < 4.78 is 18.8. The molecule has 0 fully saturated rings. The minimum absolute atomic E-state index is 0.340. The molecule has 7 nitrogen and oxygen atoms in total. The topological polar surface area (TPSA) is 96.6 Å². The van der Waals surface area contributed by atoms with E-state index in [4.69, 9.17) is 10.5 Å². The van der Waals surface area contributed by atoms with Gasteiger partial charge in [0.2, 0.25) is 0 Å². The van der Waals surface area contributed by atoms with Crippen LogP contribution in [0.1, 0.15) is 23.6 Å². The first-order chi connectivity index (χ1) is 16.5. The lowest BCUT2D eigenvalue weighted by molar-refractivity contribution is -0.132. The Kier molecular flexibility index (Phi) is 6.04. The number of nitrogens with one attached hydrogen (secondary N) is 1. The molecule has 1 aliphatic rings. The van der Waals surface area contributed by atoms with Crippen molar-refractivity contribution in [3.63, 3.8) is 0 Å². The molecule has 0 radical (unpaired) electrons. The zero-order valence-corrected chi connectivity index (χ0v) is 19.1. The van der Waals surface area contributed by atoms with Crippen LogP contribution in [-0.2, 0) is 4.79 Å². The van der Waals surface area contributed by atoms with Crippen LogP contribution < -0.4 is 10.5 Å². The number of imidazole rings is 1. The summed E-state index contributed by atoms with van der Waals surface area (Å²) >= 11 is 1.14. The maximum Gasteiger partial charge on any atom is 0.271 e. The minimum atomic E-state index is -0.928. The van der Waals surface area contributed by atoms with E-state index in [1.165, 1.54) is 17.1 Å². The smallest absolute Gasteiger partial charge is 0.271 e. The number of para-hydroxylation sites is 2. The molecule has 34 heavy (non-hydrogen) atoms. The van der Waals surface area contributed by atoms with Gasteiger partial charge in [-0.05, 0) is 59.7 Å². The number of rotatable bonds is 6. The fourth-order valence-corrected chi connectivity index (χ4v) is 4.67. The van der Waals surface area contributed by atoms with Gasteiger partial charge in [-0.1, -0.05) is 36.0 Å². The van der Waals surface area contributed by atoms with E-state index in [0.29, 0.717) is 11.6 Å². The summed E-state index contributed by atoms with van der Waals surface area (Å²) in [6, 6.07) is 20.8. The molecule has 1 amide bonds. The van der Waals surface area contributed by atoms with Crippen LogP contribution in [0.4, 0.5) is 4.39 Å². The van der Waals surface area contributed by atoms with E-state index >= 15 is 0 Å². The zero-order valence-electron chi connectivity index (χ0n) is 18.3. The van der Waals surface area contributed by atoms with E-state index < -0.39 is 11.4 Å². The van der Waals surface area contributed by atoms with Crippen LogP contribution in [0, 0.1) is 5.82 Å². The Morgan fingerprint density at radius 3 is 2.59 bits per heavy atom. The van der Waals surface area contributed by atoms with Gasteiger partial charge in [-0.2, -0.15) is 5.10 Å². The molecular formula is C25H22FN5O2S. The number of aromatic nitrogens is 2. The lowest BCUT2D eigenvalue weighted by atomic mass is 9.98. The van der Waals surface area contributed by atoms with Gasteiger partial charge >= 0.3 is 0 Å². The molecule has 1 aromatic heterocycles. The number of H-pyrrole nitrogens is 1. The summed E-state index contributed by atoms with van der Waals surface area (Å²) in [6.07, 6.45) is 0.478. The molecule has 3 N–H and O–H groups in total. The van der Waals surface area contributed by atoms with E-state index in [1.807, 2.05) is 48.5 Å². The van der Waals surface area contributed by atoms with Crippen molar-refractivity contribution in [2.45, 2.75) is 23.0 Å². The largest absolute Gasteiger partial charge is 0.497 e. The number of hydrazone groups is 1. The van der Waals surface area contributed by atoms with E-state index in [-0.39, 0.29) is 11.7 Å². The number of thioether (sulfide) groups is 1. The lowest BCUT2D eigenvalue weighted by Crippen LogP contribution is -2.39. The monoisotopic (exact) mass is 475 g/mol. The second-order valence-corrected chi connectivity index (χ2v) is 8.96. The van der Waals surface area contributed by atoms with Crippen molar-refractivity contribution in [3.05, 3.63) is 89.7 Å². The summed E-state index contributed by atoms with van der Waals surface area (Å²) in [4.78, 5) is 21.1. The zero-order chi connectivity index (χ0) is 23.7. The third kappa shape index (κ3) is 4.40. The number of carbonyl (C=O) groups is 1. The van der Waals surface area contributed by atoms with Gasteiger partial charge in [0.05, 0.1) is 29.9 Å². The summed E-state index contributed by atoms with van der Waals surface area (Å²) in [5.74, 6) is 0.0333. The Hall–Kier alpha value is -3.69. The molecular weight excluding hydrogens is 453 g/mol. The predicted molar refractivity (Wildman–Crippen MR) is 130 cm³/mol. The van der Waals surface area contributed by atoms with Crippen molar-refractivity contribution in [2.24, 2.45) is 10.8 Å². The summed E-state index contributed by atoms with van der Waals surface area (Å²) in [6.45, 7) is 0. The molecule has 2 heterocycles. The van der Waals surface area contributed by atoms with Crippen molar-refractivity contribution in [3.8, 4) is 5.75 Å². The molecule has 2 atom stereocenters. The van der Waals surface area contributed by atoms with Crippen LogP contribution in [0.25, 0.3) is 11.0 Å². The minimum Gasteiger partial charge on any atom is -0.497 e. The van der Waals surface area contributed by atoms with Crippen molar-refractivity contribution in [1.29, 1.82) is 0 Å². The predicted octanol–water partition coefficient (Wildman–Crippen LogP) is 4.47. The van der Waals surface area contributed by atoms with Crippen molar-refractivity contribution in [2.75, 3.05) is 7.11 Å². The molecule has 5 rings (SSSR count). The quantitative estimate of drug-likeness (QED) is 0.317. The Morgan fingerprint density at radius 2 is 1.88 bits per heavy atom. The standard InChI is InChI=1S/C25H22FN5O2S/c1-33-18-12-8-15(9-13-18)21-14-22(16-6-10-17(26)11-7-16)31(30-21)24(32)23(27)34-25-28-19-4-2-3-5-20(19)29-25/h2-13,22-23H,14,27H2,1H3,(H,28,29). The fourth-order valence-electron chi connectivity index (χ4n) is 3.90. The first-order valence-corrected chi connectivity index (χ1v) is 11.6. The number of nitrogens with zero attached hydrogens (tertiary/aromatic N) is 3. The SMILES string of the molecule is COc1ccc(C2=NN(C(=O)C(N)Sc3nc4ccccc4[nH]3)C(c3ccc(F)cc3)C2)cc1. The summed E-state index contributed by atoms with van der Waals surface area (Å²) in [5, 5.41) is 5.68. The number of halogens is 1. The Balaban J connectivity index is 1.42.